The fourth-order valence-corrected chi connectivity index (χ4v) is 2.56. The summed E-state index contributed by atoms with van der Waals surface area (Å²) in [6.07, 6.45) is 1.21. The quantitative estimate of drug-likeness (QED) is 0.729. The molecule has 2 atom stereocenters. The lowest BCUT2D eigenvalue weighted by molar-refractivity contribution is 0.228. The van der Waals surface area contributed by atoms with E-state index in [1.807, 2.05) is 0 Å². The average molecular weight is 204 g/mol. The third-order valence-corrected chi connectivity index (χ3v) is 3.41. The summed E-state index contributed by atoms with van der Waals surface area (Å²) < 4.78 is 0. The van der Waals surface area contributed by atoms with E-state index in [0.29, 0.717) is 12.1 Å². The minimum atomic E-state index is 0.577. The van der Waals surface area contributed by atoms with Crippen LogP contribution in [-0.2, 0) is 0 Å². The molecule has 0 spiro atoms. The summed E-state index contributed by atoms with van der Waals surface area (Å²) >= 11 is 0. The lowest BCUT2D eigenvalue weighted by Gasteiger charge is -2.22. The maximum atomic E-state index is 2.32. The number of rotatable bonds is 2. The number of fused-ring (bicyclic) bond motifs is 1. The molecule has 0 bridgehead atoms. The van der Waals surface area contributed by atoms with Crippen molar-refractivity contribution in [1.29, 1.82) is 0 Å². The van der Waals surface area contributed by atoms with E-state index in [2.05, 4.69) is 62.3 Å². The molecule has 0 radical (unpaired) electrons. The van der Waals surface area contributed by atoms with E-state index in [1.54, 1.807) is 0 Å². The normalized spacial score (nSPS) is 24.9. The van der Waals surface area contributed by atoms with E-state index in [9.17, 15) is 0 Å². The molecule has 2 nitrogen and oxygen atoms in total. The SMILES string of the molecule is CN(C)C1CC(N(C)C)c2ccccc21. The molecule has 2 unspecified atom stereocenters. The molecule has 0 fully saturated rings. The van der Waals surface area contributed by atoms with E-state index in [0.717, 1.165) is 0 Å². The predicted octanol–water partition coefficient (Wildman–Crippen LogP) is 2.30. The summed E-state index contributed by atoms with van der Waals surface area (Å²) in [5.74, 6) is 0. The summed E-state index contributed by atoms with van der Waals surface area (Å²) in [7, 11) is 8.66. The van der Waals surface area contributed by atoms with Crippen LogP contribution in [0.15, 0.2) is 24.3 Å². The molecule has 2 rings (SSSR count). The van der Waals surface area contributed by atoms with Crippen LogP contribution < -0.4 is 0 Å². The highest BCUT2D eigenvalue weighted by molar-refractivity contribution is 5.37. The van der Waals surface area contributed by atoms with Crippen molar-refractivity contribution in [2.24, 2.45) is 0 Å². The topological polar surface area (TPSA) is 6.48 Å². The lowest BCUT2D eigenvalue weighted by Crippen LogP contribution is -2.21. The third kappa shape index (κ3) is 1.80. The molecular weight excluding hydrogens is 184 g/mol. The third-order valence-electron chi connectivity index (χ3n) is 3.41. The van der Waals surface area contributed by atoms with Crippen LogP contribution in [-0.4, -0.2) is 38.0 Å². The second-order valence-corrected chi connectivity index (χ2v) is 4.82. The Morgan fingerprint density at radius 1 is 0.867 bits per heavy atom. The Balaban J connectivity index is 2.39. The molecule has 1 aromatic carbocycles. The number of hydrogen-bond donors (Lipinski definition) is 0. The van der Waals surface area contributed by atoms with Gasteiger partial charge in [-0.3, -0.25) is 0 Å². The Morgan fingerprint density at radius 3 is 1.60 bits per heavy atom. The summed E-state index contributed by atoms with van der Waals surface area (Å²) in [4.78, 5) is 4.64. The summed E-state index contributed by atoms with van der Waals surface area (Å²) in [5, 5.41) is 0. The van der Waals surface area contributed by atoms with Gasteiger partial charge < -0.3 is 9.80 Å². The zero-order valence-electron chi connectivity index (χ0n) is 10.1. The van der Waals surface area contributed by atoms with Crippen molar-refractivity contribution in [2.45, 2.75) is 18.5 Å². The highest BCUT2D eigenvalue weighted by Crippen LogP contribution is 2.43. The molecule has 15 heavy (non-hydrogen) atoms. The first-order chi connectivity index (χ1) is 7.11. The minimum absolute atomic E-state index is 0.577. The van der Waals surface area contributed by atoms with Crippen molar-refractivity contribution in [3.05, 3.63) is 35.4 Å². The van der Waals surface area contributed by atoms with E-state index in [-0.39, 0.29) is 0 Å². The Bertz CT molecular complexity index is 311. The average Bonchev–Trinajstić information content (AvgIpc) is 2.56. The van der Waals surface area contributed by atoms with Crippen LogP contribution in [0.2, 0.25) is 0 Å². The molecule has 0 N–H and O–H groups in total. The summed E-state index contributed by atoms with van der Waals surface area (Å²) in [5.41, 5.74) is 3.00. The fourth-order valence-electron chi connectivity index (χ4n) is 2.56. The second-order valence-electron chi connectivity index (χ2n) is 4.82. The minimum Gasteiger partial charge on any atom is -0.302 e. The smallest absolute Gasteiger partial charge is 0.0363 e. The van der Waals surface area contributed by atoms with Crippen molar-refractivity contribution in [3.63, 3.8) is 0 Å². The van der Waals surface area contributed by atoms with Gasteiger partial charge in [0.25, 0.3) is 0 Å². The fraction of sp³-hybridized carbons (Fsp3) is 0.538. The van der Waals surface area contributed by atoms with Gasteiger partial charge in [0.1, 0.15) is 0 Å². The van der Waals surface area contributed by atoms with Gasteiger partial charge in [-0.05, 0) is 45.7 Å². The van der Waals surface area contributed by atoms with Gasteiger partial charge in [0.05, 0.1) is 0 Å². The Hall–Kier alpha value is -0.860. The predicted molar refractivity (Wildman–Crippen MR) is 63.9 cm³/mol. The van der Waals surface area contributed by atoms with Gasteiger partial charge in [-0.25, -0.2) is 0 Å². The van der Waals surface area contributed by atoms with Crippen LogP contribution in [0.1, 0.15) is 29.6 Å². The number of benzene rings is 1. The van der Waals surface area contributed by atoms with Crippen molar-refractivity contribution in [3.8, 4) is 0 Å². The molecule has 82 valence electrons. The highest BCUT2D eigenvalue weighted by atomic mass is 15.1. The van der Waals surface area contributed by atoms with Crippen LogP contribution in [0.4, 0.5) is 0 Å². The van der Waals surface area contributed by atoms with Crippen LogP contribution in [0.3, 0.4) is 0 Å². The van der Waals surface area contributed by atoms with E-state index >= 15 is 0 Å². The van der Waals surface area contributed by atoms with Gasteiger partial charge in [0.15, 0.2) is 0 Å². The summed E-state index contributed by atoms with van der Waals surface area (Å²) in [6, 6.07) is 9.98. The van der Waals surface area contributed by atoms with Crippen molar-refractivity contribution in [2.75, 3.05) is 28.2 Å². The largest absolute Gasteiger partial charge is 0.302 e. The lowest BCUT2D eigenvalue weighted by atomic mass is 10.1. The second kappa shape index (κ2) is 3.95. The van der Waals surface area contributed by atoms with Gasteiger partial charge >= 0.3 is 0 Å². The standard InChI is InChI=1S/C13H20N2/c1-14(2)12-9-13(15(3)4)11-8-6-5-7-10(11)12/h5-8,12-13H,9H2,1-4H3. The van der Waals surface area contributed by atoms with Crippen LogP contribution in [0.5, 0.6) is 0 Å². The van der Waals surface area contributed by atoms with E-state index in [4.69, 9.17) is 0 Å². The van der Waals surface area contributed by atoms with Gasteiger partial charge in [-0.1, -0.05) is 24.3 Å². The van der Waals surface area contributed by atoms with Crippen molar-refractivity contribution in [1.82, 2.24) is 9.80 Å². The highest BCUT2D eigenvalue weighted by Gasteiger charge is 2.32. The molecule has 1 aliphatic carbocycles. The zero-order valence-corrected chi connectivity index (χ0v) is 10.1. The first kappa shape index (κ1) is 10.7. The monoisotopic (exact) mass is 204 g/mol. The van der Waals surface area contributed by atoms with Crippen molar-refractivity contribution < 1.29 is 0 Å². The van der Waals surface area contributed by atoms with E-state index in [1.165, 1.54) is 17.5 Å². The Labute approximate surface area is 92.5 Å². The first-order valence-electron chi connectivity index (χ1n) is 5.53. The Morgan fingerprint density at radius 2 is 1.27 bits per heavy atom. The first-order valence-corrected chi connectivity index (χ1v) is 5.53. The Kier molecular flexibility index (Phi) is 2.81. The van der Waals surface area contributed by atoms with Gasteiger partial charge in [-0.15, -0.1) is 0 Å². The molecule has 0 saturated carbocycles. The van der Waals surface area contributed by atoms with Gasteiger partial charge in [0, 0.05) is 12.1 Å². The van der Waals surface area contributed by atoms with E-state index < -0.39 is 0 Å². The zero-order chi connectivity index (χ0) is 11.0. The molecule has 0 aromatic heterocycles. The molecule has 0 heterocycles. The molecule has 0 saturated heterocycles. The van der Waals surface area contributed by atoms with Crippen LogP contribution in [0.25, 0.3) is 0 Å². The number of hydrogen-bond acceptors (Lipinski definition) is 2. The van der Waals surface area contributed by atoms with Crippen molar-refractivity contribution >= 4 is 0 Å². The molecule has 0 amide bonds. The molecule has 1 aromatic rings. The van der Waals surface area contributed by atoms with Crippen LogP contribution in [0, 0.1) is 0 Å². The number of nitrogens with zero attached hydrogens (tertiary/aromatic N) is 2. The van der Waals surface area contributed by atoms with Gasteiger partial charge in [0.2, 0.25) is 0 Å². The summed E-state index contributed by atoms with van der Waals surface area (Å²) in [6.45, 7) is 0. The molecule has 0 aliphatic heterocycles. The molecular formula is C13H20N2. The maximum Gasteiger partial charge on any atom is 0.0363 e. The van der Waals surface area contributed by atoms with Crippen LogP contribution >= 0.6 is 0 Å². The molecule has 1 aliphatic rings. The maximum absolute atomic E-state index is 2.32. The van der Waals surface area contributed by atoms with Gasteiger partial charge in [-0.2, -0.15) is 0 Å². The molecule has 2 heteroatoms.